The van der Waals surface area contributed by atoms with Crippen LogP contribution in [0.2, 0.25) is 0 Å². The third-order valence-electron chi connectivity index (χ3n) is 4.89. The van der Waals surface area contributed by atoms with Crippen LogP contribution in [0.4, 0.5) is 0 Å². The molecule has 1 aromatic carbocycles. The van der Waals surface area contributed by atoms with E-state index in [-0.39, 0.29) is 5.60 Å². The van der Waals surface area contributed by atoms with Gasteiger partial charge in [0, 0.05) is 13.1 Å². The second-order valence-corrected chi connectivity index (χ2v) is 6.64. The number of ether oxygens (including phenoxy) is 1. The first-order valence-electron chi connectivity index (χ1n) is 8.20. The van der Waals surface area contributed by atoms with Crippen molar-refractivity contribution in [3.8, 4) is 0 Å². The summed E-state index contributed by atoms with van der Waals surface area (Å²) in [5.74, 6) is 0. The summed E-state index contributed by atoms with van der Waals surface area (Å²) < 4.78 is 6.39. The molecule has 1 saturated carbocycles. The van der Waals surface area contributed by atoms with E-state index in [0.29, 0.717) is 6.10 Å². The molecule has 1 heterocycles. The van der Waals surface area contributed by atoms with Crippen molar-refractivity contribution < 1.29 is 4.74 Å². The van der Waals surface area contributed by atoms with Crippen LogP contribution in [0.5, 0.6) is 0 Å². The van der Waals surface area contributed by atoms with Crippen LogP contribution >= 0.6 is 0 Å². The Bertz CT molecular complexity index is 437. The first kappa shape index (κ1) is 14.1. The fourth-order valence-electron chi connectivity index (χ4n) is 3.80. The summed E-state index contributed by atoms with van der Waals surface area (Å²) in [5, 5.41) is 3.57. The highest BCUT2D eigenvalue weighted by Gasteiger charge is 2.40. The molecule has 2 fully saturated rings. The van der Waals surface area contributed by atoms with Gasteiger partial charge in [-0.3, -0.25) is 0 Å². The van der Waals surface area contributed by atoms with Gasteiger partial charge < -0.3 is 10.1 Å². The van der Waals surface area contributed by atoms with E-state index in [1.807, 2.05) is 0 Å². The fourth-order valence-corrected chi connectivity index (χ4v) is 3.80. The normalized spacial score (nSPS) is 25.1. The van der Waals surface area contributed by atoms with E-state index >= 15 is 0 Å². The van der Waals surface area contributed by atoms with E-state index in [0.717, 1.165) is 13.1 Å². The predicted molar refractivity (Wildman–Crippen MR) is 82.8 cm³/mol. The van der Waals surface area contributed by atoms with E-state index < -0.39 is 0 Å². The van der Waals surface area contributed by atoms with Gasteiger partial charge in [0.1, 0.15) is 0 Å². The second kappa shape index (κ2) is 6.28. The van der Waals surface area contributed by atoms with Crippen LogP contribution in [-0.2, 0) is 11.3 Å². The molecule has 1 atom stereocenters. The van der Waals surface area contributed by atoms with Crippen molar-refractivity contribution in [1.29, 1.82) is 0 Å². The molecule has 20 heavy (non-hydrogen) atoms. The Morgan fingerprint density at radius 1 is 1.20 bits per heavy atom. The van der Waals surface area contributed by atoms with E-state index in [1.165, 1.54) is 56.1 Å². The Kier molecular flexibility index (Phi) is 4.42. The molecule has 3 rings (SSSR count). The topological polar surface area (TPSA) is 21.3 Å². The van der Waals surface area contributed by atoms with Crippen molar-refractivity contribution in [1.82, 2.24) is 5.32 Å². The molecule has 0 radical (unpaired) electrons. The number of hydrogen-bond acceptors (Lipinski definition) is 2. The Labute approximate surface area is 122 Å². The van der Waals surface area contributed by atoms with Crippen LogP contribution in [0.15, 0.2) is 24.3 Å². The third kappa shape index (κ3) is 3.42. The van der Waals surface area contributed by atoms with Crippen LogP contribution < -0.4 is 5.32 Å². The maximum absolute atomic E-state index is 6.39. The SMILES string of the molecule is Cc1cccc(CNCC2CCC3(CCCCC3)O2)c1. The zero-order valence-corrected chi connectivity index (χ0v) is 12.7. The molecular formula is C18H27NO. The molecule has 1 unspecified atom stereocenters. The standard InChI is InChI=1S/C18H27NO/c1-15-6-5-7-16(12-15)13-19-14-17-8-11-18(20-17)9-3-2-4-10-18/h5-7,12,17,19H,2-4,8-11,13-14H2,1H3. The molecule has 2 aliphatic rings. The molecule has 2 nitrogen and oxygen atoms in total. The molecule has 1 saturated heterocycles. The molecule has 1 N–H and O–H groups in total. The van der Waals surface area contributed by atoms with E-state index in [4.69, 9.17) is 4.74 Å². The average Bonchev–Trinajstić information content (AvgIpc) is 2.83. The number of hydrogen-bond donors (Lipinski definition) is 1. The highest BCUT2D eigenvalue weighted by Crippen LogP contribution is 2.41. The van der Waals surface area contributed by atoms with Crippen molar-refractivity contribution in [2.45, 2.75) is 70.1 Å². The minimum atomic E-state index is 0.258. The van der Waals surface area contributed by atoms with E-state index in [1.54, 1.807) is 0 Å². The molecule has 1 aliphatic carbocycles. The molecule has 110 valence electrons. The fraction of sp³-hybridized carbons (Fsp3) is 0.667. The van der Waals surface area contributed by atoms with Crippen LogP contribution in [0.3, 0.4) is 0 Å². The van der Waals surface area contributed by atoms with Gasteiger partial charge in [0.05, 0.1) is 11.7 Å². The number of aryl methyl sites for hydroxylation is 1. The highest BCUT2D eigenvalue weighted by atomic mass is 16.5. The van der Waals surface area contributed by atoms with Crippen molar-refractivity contribution in [3.05, 3.63) is 35.4 Å². The van der Waals surface area contributed by atoms with Gasteiger partial charge in [-0.15, -0.1) is 0 Å². The van der Waals surface area contributed by atoms with Crippen LogP contribution in [0.1, 0.15) is 56.1 Å². The second-order valence-electron chi connectivity index (χ2n) is 6.64. The van der Waals surface area contributed by atoms with Gasteiger partial charge in [-0.2, -0.15) is 0 Å². The number of nitrogens with one attached hydrogen (secondary N) is 1. The summed E-state index contributed by atoms with van der Waals surface area (Å²) in [5.41, 5.74) is 2.96. The molecule has 0 amide bonds. The van der Waals surface area contributed by atoms with Gasteiger partial charge in [0.25, 0.3) is 0 Å². The van der Waals surface area contributed by atoms with Gasteiger partial charge in [0.2, 0.25) is 0 Å². The van der Waals surface area contributed by atoms with Crippen LogP contribution in [0, 0.1) is 6.92 Å². The Hall–Kier alpha value is -0.860. The lowest BCUT2D eigenvalue weighted by atomic mass is 9.83. The van der Waals surface area contributed by atoms with Crippen molar-refractivity contribution >= 4 is 0 Å². The molecule has 0 aromatic heterocycles. The Balaban J connectivity index is 1.43. The zero-order chi connectivity index (χ0) is 13.8. The summed E-state index contributed by atoms with van der Waals surface area (Å²) in [6.45, 7) is 4.10. The number of benzene rings is 1. The lowest BCUT2D eigenvalue weighted by molar-refractivity contribution is -0.0624. The average molecular weight is 273 g/mol. The van der Waals surface area contributed by atoms with Gasteiger partial charge in [-0.25, -0.2) is 0 Å². The maximum Gasteiger partial charge on any atom is 0.0708 e. The lowest BCUT2D eigenvalue weighted by Gasteiger charge is -2.33. The molecule has 2 heteroatoms. The smallest absolute Gasteiger partial charge is 0.0708 e. The van der Waals surface area contributed by atoms with Gasteiger partial charge >= 0.3 is 0 Å². The third-order valence-corrected chi connectivity index (χ3v) is 4.89. The molecule has 1 aliphatic heterocycles. The minimum absolute atomic E-state index is 0.258. The summed E-state index contributed by atoms with van der Waals surface area (Å²) in [7, 11) is 0. The summed E-state index contributed by atoms with van der Waals surface area (Å²) in [4.78, 5) is 0. The van der Waals surface area contributed by atoms with Crippen molar-refractivity contribution in [2.24, 2.45) is 0 Å². The first-order valence-corrected chi connectivity index (χ1v) is 8.20. The largest absolute Gasteiger partial charge is 0.370 e. The molecular weight excluding hydrogens is 246 g/mol. The maximum atomic E-state index is 6.39. The first-order chi connectivity index (χ1) is 9.76. The number of rotatable bonds is 4. The summed E-state index contributed by atoms with van der Waals surface area (Å²) in [6, 6.07) is 8.73. The zero-order valence-electron chi connectivity index (χ0n) is 12.7. The summed E-state index contributed by atoms with van der Waals surface area (Å²) in [6.07, 6.45) is 9.67. The highest BCUT2D eigenvalue weighted by molar-refractivity contribution is 5.21. The minimum Gasteiger partial charge on any atom is -0.370 e. The molecule has 0 bridgehead atoms. The Morgan fingerprint density at radius 2 is 2.05 bits per heavy atom. The van der Waals surface area contributed by atoms with Crippen molar-refractivity contribution in [2.75, 3.05) is 6.54 Å². The van der Waals surface area contributed by atoms with E-state index in [2.05, 4.69) is 36.5 Å². The monoisotopic (exact) mass is 273 g/mol. The lowest BCUT2D eigenvalue weighted by Crippen LogP contribution is -2.34. The van der Waals surface area contributed by atoms with Gasteiger partial charge in [0.15, 0.2) is 0 Å². The van der Waals surface area contributed by atoms with Crippen LogP contribution in [0.25, 0.3) is 0 Å². The van der Waals surface area contributed by atoms with E-state index in [9.17, 15) is 0 Å². The Morgan fingerprint density at radius 3 is 2.85 bits per heavy atom. The quantitative estimate of drug-likeness (QED) is 0.896. The molecule has 1 spiro atoms. The van der Waals surface area contributed by atoms with Crippen LogP contribution in [-0.4, -0.2) is 18.2 Å². The molecule has 1 aromatic rings. The van der Waals surface area contributed by atoms with Gasteiger partial charge in [-0.05, 0) is 38.2 Å². The van der Waals surface area contributed by atoms with Gasteiger partial charge in [-0.1, -0.05) is 49.1 Å². The predicted octanol–water partition coefficient (Wildman–Crippen LogP) is 3.97. The van der Waals surface area contributed by atoms with Crippen molar-refractivity contribution in [3.63, 3.8) is 0 Å². The summed E-state index contributed by atoms with van der Waals surface area (Å²) >= 11 is 0.